The molecule has 2 rings (SSSR count). The van der Waals surface area contributed by atoms with E-state index in [1.165, 1.54) is 30.6 Å². The molecule has 1 atom stereocenters. The van der Waals surface area contributed by atoms with Gasteiger partial charge >= 0.3 is 0 Å². The van der Waals surface area contributed by atoms with Crippen LogP contribution in [-0.4, -0.2) is 16.0 Å². The van der Waals surface area contributed by atoms with Crippen molar-refractivity contribution in [1.29, 1.82) is 0 Å². The quantitative estimate of drug-likeness (QED) is 0.501. The molecular formula is C16H24ClN3S. The Morgan fingerprint density at radius 2 is 2.05 bits per heavy atom. The second kappa shape index (κ2) is 7.95. The van der Waals surface area contributed by atoms with Crippen molar-refractivity contribution in [2.45, 2.75) is 65.3 Å². The molecule has 0 aliphatic heterocycles. The van der Waals surface area contributed by atoms with Gasteiger partial charge < -0.3 is 5.32 Å². The third-order valence-electron chi connectivity index (χ3n) is 3.64. The average molecular weight is 326 g/mol. The van der Waals surface area contributed by atoms with Gasteiger partial charge in [-0.15, -0.1) is 11.3 Å². The molecular weight excluding hydrogens is 302 g/mol. The van der Waals surface area contributed by atoms with Gasteiger partial charge in [0.2, 0.25) is 5.28 Å². The number of nitrogens with zero attached hydrogens (tertiary/aromatic N) is 2. The Morgan fingerprint density at radius 3 is 2.76 bits per heavy atom. The van der Waals surface area contributed by atoms with Gasteiger partial charge in [-0.2, -0.15) is 0 Å². The normalized spacial score (nSPS) is 12.8. The van der Waals surface area contributed by atoms with Gasteiger partial charge in [0, 0.05) is 10.9 Å². The first-order valence-electron chi connectivity index (χ1n) is 7.86. The maximum atomic E-state index is 6.05. The number of hydrogen-bond donors (Lipinski definition) is 1. The fraction of sp³-hybridized carbons (Fsp3) is 0.625. The second-order valence-corrected chi connectivity index (χ2v) is 6.97. The number of aromatic nitrogens is 2. The van der Waals surface area contributed by atoms with Crippen LogP contribution in [0.4, 0.5) is 5.82 Å². The van der Waals surface area contributed by atoms with Crippen molar-refractivity contribution < 1.29 is 0 Å². The Bertz CT molecular complexity index is 582. The predicted molar refractivity (Wildman–Crippen MR) is 93.6 cm³/mol. The van der Waals surface area contributed by atoms with E-state index in [-0.39, 0.29) is 0 Å². The lowest BCUT2D eigenvalue weighted by molar-refractivity contribution is 0.593. The molecule has 21 heavy (non-hydrogen) atoms. The summed E-state index contributed by atoms with van der Waals surface area (Å²) in [5.74, 6) is 0.879. The zero-order valence-electron chi connectivity index (χ0n) is 13.1. The van der Waals surface area contributed by atoms with Gasteiger partial charge in [0.15, 0.2) is 0 Å². The number of fused-ring (bicyclic) bond motifs is 1. The van der Waals surface area contributed by atoms with E-state index in [0.717, 1.165) is 28.9 Å². The maximum Gasteiger partial charge on any atom is 0.225 e. The highest BCUT2D eigenvalue weighted by Gasteiger charge is 2.12. The number of halogens is 1. The zero-order chi connectivity index (χ0) is 15.2. The highest BCUT2D eigenvalue weighted by Crippen LogP contribution is 2.30. The second-order valence-electron chi connectivity index (χ2n) is 5.52. The van der Waals surface area contributed by atoms with E-state index >= 15 is 0 Å². The summed E-state index contributed by atoms with van der Waals surface area (Å²) in [5, 5.41) is 4.94. The molecule has 0 spiro atoms. The molecule has 0 bridgehead atoms. The molecule has 1 unspecified atom stereocenters. The summed E-state index contributed by atoms with van der Waals surface area (Å²) >= 11 is 7.75. The van der Waals surface area contributed by atoms with Crippen LogP contribution in [0.25, 0.3) is 10.2 Å². The standard InChI is InChI=1S/C16H24ClN3S/c1-4-6-7-8-9-11(3)18-14-13-10-12(5-2)21-15(13)20-16(17)19-14/h10-11H,4-9H2,1-3H3,(H,18,19,20). The zero-order valence-corrected chi connectivity index (χ0v) is 14.7. The van der Waals surface area contributed by atoms with E-state index in [9.17, 15) is 0 Å². The van der Waals surface area contributed by atoms with Crippen molar-refractivity contribution in [3.63, 3.8) is 0 Å². The van der Waals surface area contributed by atoms with Crippen molar-refractivity contribution in [3.8, 4) is 0 Å². The van der Waals surface area contributed by atoms with Crippen LogP contribution < -0.4 is 5.32 Å². The lowest BCUT2D eigenvalue weighted by Gasteiger charge is -2.15. The van der Waals surface area contributed by atoms with Crippen LogP contribution in [0.15, 0.2) is 6.07 Å². The van der Waals surface area contributed by atoms with Gasteiger partial charge in [-0.3, -0.25) is 0 Å². The fourth-order valence-electron chi connectivity index (χ4n) is 2.41. The van der Waals surface area contributed by atoms with Crippen LogP contribution in [-0.2, 0) is 6.42 Å². The monoisotopic (exact) mass is 325 g/mol. The van der Waals surface area contributed by atoms with E-state index in [1.54, 1.807) is 11.3 Å². The molecule has 1 N–H and O–H groups in total. The Labute approximate surface area is 136 Å². The number of unbranched alkanes of at least 4 members (excludes halogenated alkanes) is 3. The Balaban J connectivity index is 2.08. The molecule has 0 fully saturated rings. The first-order chi connectivity index (χ1) is 10.1. The van der Waals surface area contributed by atoms with Crippen molar-refractivity contribution in [2.24, 2.45) is 0 Å². The van der Waals surface area contributed by atoms with Crippen LogP contribution in [0.3, 0.4) is 0 Å². The number of rotatable bonds is 8. The summed E-state index contributed by atoms with van der Waals surface area (Å²) in [6.45, 7) is 6.60. The van der Waals surface area contributed by atoms with Gasteiger partial charge in [-0.05, 0) is 37.4 Å². The van der Waals surface area contributed by atoms with Crippen LogP contribution >= 0.6 is 22.9 Å². The lowest BCUT2D eigenvalue weighted by atomic mass is 10.1. The highest BCUT2D eigenvalue weighted by atomic mass is 35.5. The Morgan fingerprint density at radius 1 is 1.24 bits per heavy atom. The SMILES string of the molecule is CCCCCCC(C)Nc1nc(Cl)nc2sc(CC)cc12. The first kappa shape index (κ1) is 16.5. The third-order valence-corrected chi connectivity index (χ3v) is 4.98. The smallest absolute Gasteiger partial charge is 0.225 e. The topological polar surface area (TPSA) is 37.8 Å². The number of anilines is 1. The van der Waals surface area contributed by atoms with E-state index in [0.29, 0.717) is 11.3 Å². The Hall–Kier alpha value is -0.870. The van der Waals surface area contributed by atoms with E-state index in [1.807, 2.05) is 0 Å². The summed E-state index contributed by atoms with van der Waals surface area (Å²) < 4.78 is 0. The summed E-state index contributed by atoms with van der Waals surface area (Å²) in [4.78, 5) is 11.0. The molecule has 0 aliphatic carbocycles. The predicted octanol–water partition coefficient (Wildman–Crippen LogP) is 5.68. The van der Waals surface area contributed by atoms with Gasteiger partial charge in [0.25, 0.3) is 0 Å². The van der Waals surface area contributed by atoms with Crippen molar-refractivity contribution in [2.75, 3.05) is 5.32 Å². The lowest BCUT2D eigenvalue weighted by Crippen LogP contribution is -2.16. The minimum Gasteiger partial charge on any atom is -0.367 e. The highest BCUT2D eigenvalue weighted by molar-refractivity contribution is 7.18. The Kier molecular flexibility index (Phi) is 6.24. The van der Waals surface area contributed by atoms with E-state index in [2.05, 4.69) is 42.1 Å². The molecule has 2 aromatic rings. The first-order valence-corrected chi connectivity index (χ1v) is 9.06. The average Bonchev–Trinajstić information content (AvgIpc) is 2.86. The minimum absolute atomic E-state index is 0.327. The molecule has 0 saturated carbocycles. The van der Waals surface area contributed by atoms with Gasteiger partial charge in [0.1, 0.15) is 10.6 Å². The van der Waals surface area contributed by atoms with Crippen LogP contribution in [0.2, 0.25) is 5.28 Å². The largest absolute Gasteiger partial charge is 0.367 e. The number of nitrogens with one attached hydrogen (secondary N) is 1. The summed E-state index contributed by atoms with van der Waals surface area (Å²) in [6.07, 6.45) is 7.34. The van der Waals surface area contributed by atoms with Gasteiger partial charge in [-0.25, -0.2) is 9.97 Å². The maximum absolute atomic E-state index is 6.05. The minimum atomic E-state index is 0.327. The summed E-state index contributed by atoms with van der Waals surface area (Å²) in [5.41, 5.74) is 0. The van der Waals surface area contributed by atoms with E-state index in [4.69, 9.17) is 11.6 Å². The van der Waals surface area contributed by atoms with Crippen LogP contribution in [0, 0.1) is 0 Å². The summed E-state index contributed by atoms with van der Waals surface area (Å²) in [6, 6.07) is 2.59. The van der Waals surface area contributed by atoms with E-state index < -0.39 is 0 Å². The third kappa shape index (κ3) is 4.55. The molecule has 2 heterocycles. The molecule has 0 aliphatic rings. The van der Waals surface area contributed by atoms with Crippen molar-refractivity contribution >= 4 is 39.0 Å². The number of thiophene rings is 1. The van der Waals surface area contributed by atoms with Crippen molar-refractivity contribution in [1.82, 2.24) is 9.97 Å². The molecule has 3 nitrogen and oxygen atoms in total. The van der Waals surface area contributed by atoms with Crippen LogP contribution in [0.5, 0.6) is 0 Å². The molecule has 2 aromatic heterocycles. The van der Waals surface area contributed by atoms with Gasteiger partial charge in [-0.1, -0.05) is 39.5 Å². The molecule has 0 amide bonds. The molecule has 0 saturated heterocycles. The molecule has 5 heteroatoms. The fourth-order valence-corrected chi connectivity index (χ4v) is 3.60. The number of aryl methyl sites for hydroxylation is 1. The molecule has 0 aromatic carbocycles. The van der Waals surface area contributed by atoms with Crippen LogP contribution in [0.1, 0.15) is 57.8 Å². The summed E-state index contributed by atoms with van der Waals surface area (Å²) in [7, 11) is 0. The number of hydrogen-bond acceptors (Lipinski definition) is 4. The molecule has 0 radical (unpaired) electrons. The molecule has 116 valence electrons. The van der Waals surface area contributed by atoms with Gasteiger partial charge in [0.05, 0.1) is 5.39 Å². The van der Waals surface area contributed by atoms with Crippen molar-refractivity contribution in [3.05, 3.63) is 16.2 Å².